The number of hydrogen-bond acceptors (Lipinski definition) is 4. The molecule has 0 bridgehead atoms. The molecule has 0 spiro atoms. The summed E-state index contributed by atoms with van der Waals surface area (Å²) in [6, 6.07) is 12.5. The number of aromatic nitrogens is 2. The van der Waals surface area contributed by atoms with Gasteiger partial charge in [-0.2, -0.15) is 5.10 Å². The lowest BCUT2D eigenvalue weighted by Gasteiger charge is -2.09. The lowest BCUT2D eigenvalue weighted by Crippen LogP contribution is -2.19. The van der Waals surface area contributed by atoms with Crippen LogP contribution in [0.15, 0.2) is 48.7 Å². The molecule has 0 aliphatic heterocycles. The van der Waals surface area contributed by atoms with Crippen molar-refractivity contribution in [2.75, 3.05) is 26.0 Å². The van der Waals surface area contributed by atoms with Crippen molar-refractivity contribution in [3.63, 3.8) is 0 Å². The first-order valence-electron chi connectivity index (χ1n) is 7.75. The smallest absolute Gasteiger partial charge is 0.261 e. The van der Waals surface area contributed by atoms with Crippen molar-refractivity contribution in [1.29, 1.82) is 0 Å². The fourth-order valence-electron chi connectivity index (χ4n) is 2.53. The number of aromatic hydroxyl groups is 1. The predicted octanol–water partition coefficient (Wildman–Crippen LogP) is 2.56. The van der Waals surface area contributed by atoms with E-state index in [0.29, 0.717) is 11.2 Å². The van der Waals surface area contributed by atoms with Crippen LogP contribution in [0, 0.1) is 0 Å². The van der Waals surface area contributed by atoms with E-state index in [2.05, 4.69) is 15.3 Å². The minimum absolute atomic E-state index is 0.0433. The highest BCUT2D eigenvalue weighted by molar-refractivity contribution is 6.14. The minimum Gasteiger partial charge on any atom is -0.507 e. The average molecular weight is 324 g/mol. The van der Waals surface area contributed by atoms with Crippen LogP contribution >= 0.6 is 0 Å². The Morgan fingerprint density at radius 3 is 2.79 bits per heavy atom. The summed E-state index contributed by atoms with van der Waals surface area (Å²) in [6.45, 7) is 1.60. The zero-order valence-corrected chi connectivity index (χ0v) is 13.7. The Bertz CT molecular complexity index is 870. The number of amides is 1. The van der Waals surface area contributed by atoms with Crippen LogP contribution in [0.2, 0.25) is 0 Å². The predicted molar refractivity (Wildman–Crippen MR) is 94.3 cm³/mol. The summed E-state index contributed by atoms with van der Waals surface area (Å²) in [5.41, 5.74) is 0.260. The maximum Gasteiger partial charge on any atom is 0.261 e. The van der Waals surface area contributed by atoms with Gasteiger partial charge in [-0.25, -0.2) is 0 Å². The van der Waals surface area contributed by atoms with E-state index >= 15 is 0 Å². The molecule has 0 aliphatic carbocycles. The van der Waals surface area contributed by atoms with E-state index in [1.54, 1.807) is 16.8 Å². The van der Waals surface area contributed by atoms with Crippen molar-refractivity contribution < 1.29 is 9.90 Å². The number of nitrogens with zero attached hydrogens (tertiary/aromatic N) is 3. The molecule has 2 N–H and O–H groups in total. The zero-order valence-electron chi connectivity index (χ0n) is 13.7. The molecule has 0 atom stereocenters. The lowest BCUT2D eigenvalue weighted by atomic mass is 10.0. The fourth-order valence-corrected chi connectivity index (χ4v) is 2.53. The summed E-state index contributed by atoms with van der Waals surface area (Å²) in [5, 5.41) is 18.8. The average Bonchev–Trinajstić information content (AvgIpc) is 3.00. The molecule has 2 aromatic carbocycles. The largest absolute Gasteiger partial charge is 0.507 e. The normalized spacial score (nSPS) is 11.1. The molecule has 1 amide bonds. The van der Waals surface area contributed by atoms with Crippen molar-refractivity contribution >= 4 is 22.5 Å². The monoisotopic (exact) mass is 324 g/mol. The number of phenols is 1. The maximum atomic E-state index is 12.6. The zero-order chi connectivity index (χ0) is 17.1. The number of fused-ring (bicyclic) bond motifs is 1. The van der Waals surface area contributed by atoms with Gasteiger partial charge in [-0.15, -0.1) is 0 Å². The molecule has 3 rings (SSSR count). The molecule has 24 heavy (non-hydrogen) atoms. The highest BCUT2D eigenvalue weighted by Gasteiger charge is 2.16. The second-order valence-corrected chi connectivity index (χ2v) is 5.90. The number of nitrogens with one attached hydrogen (secondary N) is 1. The Balaban J connectivity index is 1.82. The first-order chi connectivity index (χ1) is 11.5. The Hall–Kier alpha value is -2.86. The SMILES string of the molecule is CN(C)CCn1ccc(NC(=O)c2c(O)ccc3ccccc23)n1. The van der Waals surface area contributed by atoms with Gasteiger partial charge >= 0.3 is 0 Å². The van der Waals surface area contributed by atoms with Crippen molar-refractivity contribution in [1.82, 2.24) is 14.7 Å². The van der Waals surface area contributed by atoms with Crippen molar-refractivity contribution in [3.8, 4) is 5.75 Å². The van der Waals surface area contributed by atoms with Gasteiger partial charge in [0.1, 0.15) is 5.75 Å². The standard InChI is InChI=1S/C18H20N4O2/c1-21(2)11-12-22-10-9-16(20-22)19-18(24)17-14-6-4-3-5-13(14)7-8-15(17)23/h3-10,23H,11-12H2,1-2H3,(H,19,20,24). The van der Waals surface area contributed by atoms with Gasteiger partial charge in [0.25, 0.3) is 5.91 Å². The van der Waals surface area contributed by atoms with Crippen LogP contribution in [-0.2, 0) is 6.54 Å². The van der Waals surface area contributed by atoms with Crippen LogP contribution in [-0.4, -0.2) is 46.3 Å². The number of rotatable bonds is 5. The van der Waals surface area contributed by atoms with E-state index in [0.717, 1.165) is 18.5 Å². The highest BCUT2D eigenvalue weighted by atomic mass is 16.3. The molecular weight excluding hydrogens is 304 g/mol. The number of phenolic OH excluding ortho intramolecular Hbond substituents is 1. The number of likely N-dealkylation sites (N-methyl/N-ethyl adjacent to an activating group) is 1. The van der Waals surface area contributed by atoms with Crippen LogP contribution in [0.25, 0.3) is 10.8 Å². The van der Waals surface area contributed by atoms with E-state index in [-0.39, 0.29) is 17.2 Å². The maximum absolute atomic E-state index is 12.6. The number of carbonyl (C=O) groups excluding carboxylic acids is 1. The Morgan fingerprint density at radius 2 is 2.00 bits per heavy atom. The van der Waals surface area contributed by atoms with Crippen LogP contribution in [0.1, 0.15) is 10.4 Å². The van der Waals surface area contributed by atoms with E-state index < -0.39 is 0 Å². The van der Waals surface area contributed by atoms with E-state index in [4.69, 9.17) is 0 Å². The summed E-state index contributed by atoms with van der Waals surface area (Å²) in [4.78, 5) is 14.7. The van der Waals surface area contributed by atoms with Gasteiger partial charge in [0.15, 0.2) is 5.82 Å². The molecule has 0 radical (unpaired) electrons. The number of anilines is 1. The molecule has 0 saturated heterocycles. The van der Waals surface area contributed by atoms with Gasteiger partial charge in [-0.3, -0.25) is 9.48 Å². The topological polar surface area (TPSA) is 70.4 Å². The molecule has 0 unspecified atom stereocenters. The van der Waals surface area contributed by atoms with Gasteiger partial charge < -0.3 is 15.3 Å². The summed E-state index contributed by atoms with van der Waals surface area (Å²) < 4.78 is 1.78. The summed E-state index contributed by atoms with van der Waals surface area (Å²) in [7, 11) is 3.99. The van der Waals surface area contributed by atoms with E-state index in [1.807, 2.05) is 44.6 Å². The molecule has 3 aromatic rings. The van der Waals surface area contributed by atoms with Gasteiger partial charge in [-0.05, 0) is 30.9 Å². The minimum atomic E-state index is -0.373. The molecular formula is C18H20N4O2. The Morgan fingerprint density at radius 1 is 1.21 bits per heavy atom. The van der Waals surface area contributed by atoms with Crippen LogP contribution in [0.4, 0.5) is 5.82 Å². The van der Waals surface area contributed by atoms with Gasteiger partial charge in [-0.1, -0.05) is 30.3 Å². The van der Waals surface area contributed by atoms with Gasteiger partial charge in [0, 0.05) is 18.8 Å². The van der Waals surface area contributed by atoms with Crippen LogP contribution in [0.5, 0.6) is 5.75 Å². The van der Waals surface area contributed by atoms with Crippen molar-refractivity contribution in [3.05, 3.63) is 54.2 Å². The molecule has 6 heteroatoms. The molecule has 0 aliphatic rings. The molecule has 0 fully saturated rings. The number of carbonyl (C=O) groups is 1. The molecule has 0 saturated carbocycles. The summed E-state index contributed by atoms with van der Waals surface area (Å²) >= 11 is 0. The number of benzene rings is 2. The van der Waals surface area contributed by atoms with Gasteiger partial charge in [0.2, 0.25) is 0 Å². The van der Waals surface area contributed by atoms with Crippen LogP contribution in [0.3, 0.4) is 0 Å². The van der Waals surface area contributed by atoms with Crippen molar-refractivity contribution in [2.24, 2.45) is 0 Å². The van der Waals surface area contributed by atoms with Crippen LogP contribution < -0.4 is 5.32 Å². The first-order valence-corrected chi connectivity index (χ1v) is 7.75. The second kappa shape index (κ2) is 6.72. The third-order valence-electron chi connectivity index (χ3n) is 3.79. The van der Waals surface area contributed by atoms with Gasteiger partial charge in [0.05, 0.1) is 12.1 Å². The Kier molecular flexibility index (Phi) is 4.48. The van der Waals surface area contributed by atoms with E-state index in [1.165, 1.54) is 6.07 Å². The second-order valence-electron chi connectivity index (χ2n) is 5.90. The Labute approximate surface area is 140 Å². The first kappa shape index (κ1) is 16.0. The summed E-state index contributed by atoms with van der Waals surface area (Å²) in [6.07, 6.45) is 1.82. The third kappa shape index (κ3) is 3.38. The van der Waals surface area contributed by atoms with Crippen molar-refractivity contribution in [2.45, 2.75) is 6.54 Å². The third-order valence-corrected chi connectivity index (χ3v) is 3.79. The lowest BCUT2D eigenvalue weighted by molar-refractivity contribution is 0.102. The van der Waals surface area contributed by atoms with E-state index in [9.17, 15) is 9.90 Å². The molecule has 124 valence electrons. The highest BCUT2D eigenvalue weighted by Crippen LogP contribution is 2.27. The number of hydrogen-bond donors (Lipinski definition) is 2. The molecule has 1 heterocycles. The quantitative estimate of drug-likeness (QED) is 0.757. The summed E-state index contributed by atoms with van der Waals surface area (Å²) in [5.74, 6) is 0.0477. The fraction of sp³-hybridized carbons (Fsp3) is 0.222. The molecule has 6 nitrogen and oxygen atoms in total. The molecule has 1 aromatic heterocycles.